The fraction of sp³-hybridized carbons (Fsp3) is 0.400. The SMILES string of the molecule is Nc1ccn([C@@H]2S[C@H](CO)[C@H](O)C2=C(F)F)c(=O)n1. The zero-order chi connectivity index (χ0) is 14.2. The highest BCUT2D eigenvalue weighted by Crippen LogP contribution is 2.46. The maximum atomic E-state index is 12.9. The molecule has 19 heavy (non-hydrogen) atoms. The van der Waals surface area contributed by atoms with Crippen LogP contribution in [-0.4, -0.2) is 37.7 Å². The van der Waals surface area contributed by atoms with Crippen LogP contribution in [0.3, 0.4) is 0 Å². The number of rotatable bonds is 2. The maximum absolute atomic E-state index is 12.9. The molecule has 9 heteroatoms. The van der Waals surface area contributed by atoms with E-state index in [-0.39, 0.29) is 5.82 Å². The van der Waals surface area contributed by atoms with Gasteiger partial charge >= 0.3 is 5.69 Å². The Labute approximate surface area is 110 Å². The first kappa shape index (κ1) is 14.0. The van der Waals surface area contributed by atoms with Crippen molar-refractivity contribution in [1.82, 2.24) is 9.55 Å². The molecule has 0 radical (unpaired) electrons. The Hall–Kier alpha value is -1.45. The summed E-state index contributed by atoms with van der Waals surface area (Å²) in [6.07, 6.45) is -2.34. The molecule has 1 aromatic heterocycles. The van der Waals surface area contributed by atoms with E-state index < -0.39 is 40.7 Å². The highest BCUT2D eigenvalue weighted by Gasteiger charge is 2.42. The lowest BCUT2D eigenvalue weighted by molar-refractivity contribution is 0.164. The predicted molar refractivity (Wildman–Crippen MR) is 65.7 cm³/mol. The summed E-state index contributed by atoms with van der Waals surface area (Å²) < 4.78 is 26.8. The smallest absolute Gasteiger partial charge is 0.350 e. The minimum atomic E-state index is -2.07. The van der Waals surface area contributed by atoms with Crippen LogP contribution in [0.25, 0.3) is 0 Å². The van der Waals surface area contributed by atoms with Gasteiger partial charge in [-0.1, -0.05) is 0 Å². The first-order valence-electron chi connectivity index (χ1n) is 5.29. The second-order valence-corrected chi connectivity index (χ2v) is 5.24. The van der Waals surface area contributed by atoms with E-state index in [2.05, 4.69) is 4.98 Å². The van der Waals surface area contributed by atoms with Crippen LogP contribution in [0.1, 0.15) is 5.37 Å². The Morgan fingerprint density at radius 2 is 2.26 bits per heavy atom. The van der Waals surface area contributed by atoms with E-state index in [1.807, 2.05) is 0 Å². The molecule has 0 aromatic carbocycles. The van der Waals surface area contributed by atoms with Gasteiger partial charge in [-0.3, -0.25) is 4.57 Å². The van der Waals surface area contributed by atoms with Crippen molar-refractivity contribution in [3.8, 4) is 0 Å². The summed E-state index contributed by atoms with van der Waals surface area (Å²) in [4.78, 5) is 15.1. The van der Waals surface area contributed by atoms with Gasteiger partial charge in [0.25, 0.3) is 6.08 Å². The van der Waals surface area contributed by atoms with Crippen molar-refractivity contribution < 1.29 is 19.0 Å². The molecule has 0 saturated carbocycles. The van der Waals surface area contributed by atoms with Crippen molar-refractivity contribution in [2.45, 2.75) is 16.7 Å². The van der Waals surface area contributed by atoms with Crippen molar-refractivity contribution in [1.29, 1.82) is 0 Å². The van der Waals surface area contributed by atoms with Gasteiger partial charge in [0.15, 0.2) is 0 Å². The Bertz CT molecular complexity index is 573. The van der Waals surface area contributed by atoms with Crippen molar-refractivity contribution >= 4 is 17.6 Å². The van der Waals surface area contributed by atoms with Gasteiger partial charge in [0.2, 0.25) is 0 Å². The summed E-state index contributed by atoms with van der Waals surface area (Å²) in [5.74, 6) is -0.0187. The first-order chi connectivity index (χ1) is 8.95. The standard InChI is InChI=1S/C10H11F2N3O3S/c11-8(12)6-7(17)4(3-16)19-9(6)15-2-1-5(13)14-10(15)18/h1-2,4,7,9,16-17H,3H2,(H2,13,14,18)/t4-,7+,9-/m1/s1. The third kappa shape index (κ3) is 2.48. The molecule has 1 fully saturated rings. The van der Waals surface area contributed by atoms with E-state index in [0.717, 1.165) is 16.3 Å². The molecular weight excluding hydrogens is 280 g/mol. The number of aromatic nitrogens is 2. The minimum absolute atomic E-state index is 0.0187. The molecule has 4 N–H and O–H groups in total. The van der Waals surface area contributed by atoms with E-state index in [1.165, 1.54) is 12.3 Å². The molecular formula is C10H11F2N3O3S. The van der Waals surface area contributed by atoms with Gasteiger partial charge in [-0.15, -0.1) is 11.8 Å². The summed E-state index contributed by atoms with van der Waals surface area (Å²) in [5.41, 5.74) is 3.95. The van der Waals surface area contributed by atoms with E-state index in [1.54, 1.807) is 0 Å². The number of anilines is 1. The van der Waals surface area contributed by atoms with Crippen molar-refractivity contribution in [2.75, 3.05) is 12.3 Å². The third-order valence-corrected chi connectivity index (χ3v) is 4.24. The molecule has 0 unspecified atom stereocenters. The molecule has 1 saturated heterocycles. The second kappa shape index (κ2) is 5.27. The Kier molecular flexibility index (Phi) is 3.88. The number of nitrogens with zero attached hydrogens (tertiary/aromatic N) is 2. The highest BCUT2D eigenvalue weighted by atomic mass is 32.2. The summed E-state index contributed by atoms with van der Waals surface area (Å²) in [7, 11) is 0. The number of nitrogen functional groups attached to an aromatic ring is 1. The van der Waals surface area contributed by atoms with Crippen LogP contribution in [0.15, 0.2) is 28.7 Å². The monoisotopic (exact) mass is 291 g/mol. The van der Waals surface area contributed by atoms with Gasteiger partial charge < -0.3 is 15.9 Å². The summed E-state index contributed by atoms with van der Waals surface area (Å²) >= 11 is 0.873. The number of hydrogen-bond acceptors (Lipinski definition) is 6. The van der Waals surface area contributed by atoms with Crippen molar-refractivity contribution in [3.05, 3.63) is 34.4 Å². The lowest BCUT2D eigenvalue weighted by atomic mass is 10.1. The lowest BCUT2D eigenvalue weighted by Gasteiger charge is -2.14. The van der Waals surface area contributed by atoms with Gasteiger partial charge in [0, 0.05) is 6.20 Å². The maximum Gasteiger partial charge on any atom is 0.350 e. The van der Waals surface area contributed by atoms with Gasteiger partial charge in [0.05, 0.1) is 23.5 Å². The van der Waals surface area contributed by atoms with Gasteiger partial charge in [-0.25, -0.2) is 4.79 Å². The number of thioether (sulfide) groups is 1. The Morgan fingerprint density at radius 3 is 2.79 bits per heavy atom. The molecule has 6 nitrogen and oxygen atoms in total. The third-order valence-electron chi connectivity index (χ3n) is 2.74. The normalized spacial score (nSPS) is 26.7. The number of hydrogen-bond donors (Lipinski definition) is 3. The molecule has 1 aliphatic rings. The molecule has 104 valence electrons. The zero-order valence-corrected chi connectivity index (χ0v) is 10.3. The van der Waals surface area contributed by atoms with Crippen LogP contribution in [0.2, 0.25) is 0 Å². The average Bonchev–Trinajstić information content (AvgIpc) is 2.66. The molecule has 2 heterocycles. The predicted octanol–water partition coefficient (Wildman–Crippen LogP) is -0.0567. The van der Waals surface area contributed by atoms with Crippen LogP contribution in [-0.2, 0) is 0 Å². The molecule has 2 rings (SSSR count). The number of aliphatic hydroxyl groups excluding tert-OH is 2. The lowest BCUT2D eigenvalue weighted by Crippen LogP contribution is -2.27. The summed E-state index contributed by atoms with van der Waals surface area (Å²) in [6, 6.07) is 1.30. The van der Waals surface area contributed by atoms with E-state index >= 15 is 0 Å². The minimum Gasteiger partial charge on any atom is -0.395 e. The van der Waals surface area contributed by atoms with Crippen LogP contribution in [0.4, 0.5) is 14.6 Å². The van der Waals surface area contributed by atoms with Gasteiger partial charge in [0.1, 0.15) is 11.2 Å². The Morgan fingerprint density at radius 1 is 1.58 bits per heavy atom. The van der Waals surface area contributed by atoms with E-state index in [0.29, 0.717) is 0 Å². The van der Waals surface area contributed by atoms with Gasteiger partial charge in [-0.2, -0.15) is 13.8 Å². The highest BCUT2D eigenvalue weighted by molar-refractivity contribution is 8.00. The molecule has 0 amide bonds. The molecule has 1 aliphatic heterocycles. The molecule has 0 bridgehead atoms. The quantitative estimate of drug-likeness (QED) is 0.706. The van der Waals surface area contributed by atoms with Gasteiger partial charge in [-0.05, 0) is 6.07 Å². The fourth-order valence-corrected chi connectivity index (χ4v) is 3.21. The number of nitrogens with two attached hydrogens (primary N) is 1. The number of aliphatic hydroxyl groups is 2. The second-order valence-electron chi connectivity index (χ2n) is 3.91. The van der Waals surface area contributed by atoms with Crippen LogP contribution < -0.4 is 11.4 Å². The summed E-state index contributed by atoms with van der Waals surface area (Å²) in [5, 5.41) is 16.8. The largest absolute Gasteiger partial charge is 0.395 e. The van der Waals surface area contributed by atoms with Crippen LogP contribution in [0.5, 0.6) is 0 Å². The fourth-order valence-electron chi connectivity index (χ4n) is 1.83. The molecule has 0 spiro atoms. The van der Waals surface area contributed by atoms with Crippen molar-refractivity contribution in [3.63, 3.8) is 0 Å². The van der Waals surface area contributed by atoms with Crippen LogP contribution in [0, 0.1) is 0 Å². The average molecular weight is 291 g/mol. The van der Waals surface area contributed by atoms with Crippen molar-refractivity contribution in [2.24, 2.45) is 0 Å². The van der Waals surface area contributed by atoms with E-state index in [9.17, 15) is 18.7 Å². The van der Waals surface area contributed by atoms with Crippen LogP contribution >= 0.6 is 11.8 Å². The zero-order valence-electron chi connectivity index (χ0n) is 9.53. The Balaban J connectivity index is 2.49. The molecule has 1 aromatic rings. The topological polar surface area (TPSA) is 101 Å². The number of halogens is 2. The molecule has 3 atom stereocenters. The first-order valence-corrected chi connectivity index (χ1v) is 6.24. The summed E-state index contributed by atoms with van der Waals surface area (Å²) in [6.45, 7) is -0.476. The molecule has 0 aliphatic carbocycles. The van der Waals surface area contributed by atoms with E-state index in [4.69, 9.17) is 10.8 Å².